The van der Waals surface area contributed by atoms with Crippen molar-refractivity contribution in [3.8, 4) is 0 Å². The average molecular weight is 374 g/mol. The van der Waals surface area contributed by atoms with Crippen LogP contribution in [-0.4, -0.2) is 26.2 Å². The number of carbonyl (C=O) groups is 1. The Labute approximate surface area is 153 Å². The summed E-state index contributed by atoms with van der Waals surface area (Å²) in [4.78, 5) is 13.1. The van der Waals surface area contributed by atoms with E-state index in [1.807, 2.05) is 24.3 Å². The van der Waals surface area contributed by atoms with Gasteiger partial charge in [0.05, 0.1) is 12.7 Å². The van der Waals surface area contributed by atoms with Crippen LogP contribution in [0, 0.1) is 0 Å². The van der Waals surface area contributed by atoms with Crippen LogP contribution in [0.5, 0.6) is 0 Å². The first-order valence-corrected chi connectivity index (χ1v) is 9.47. The molecule has 0 spiro atoms. The third-order valence-electron chi connectivity index (χ3n) is 3.65. The summed E-state index contributed by atoms with van der Waals surface area (Å²) in [6, 6.07) is 15.9. The lowest BCUT2D eigenvalue weighted by molar-refractivity contribution is 0.102. The maximum Gasteiger partial charge on any atom is 0.256 e. The predicted octanol–water partition coefficient (Wildman–Crippen LogP) is 3.57. The lowest BCUT2D eigenvalue weighted by Crippen LogP contribution is -2.16. The number of aromatic nitrogens is 2. The van der Waals surface area contributed by atoms with E-state index in [1.54, 1.807) is 47.5 Å². The van der Waals surface area contributed by atoms with E-state index < -0.39 is 10.8 Å². The van der Waals surface area contributed by atoms with Crippen LogP contribution in [0.25, 0.3) is 0 Å². The van der Waals surface area contributed by atoms with E-state index in [1.165, 1.54) is 0 Å². The fourth-order valence-electron chi connectivity index (χ4n) is 2.31. The van der Waals surface area contributed by atoms with Crippen LogP contribution in [0.15, 0.2) is 65.7 Å². The number of amides is 1. The van der Waals surface area contributed by atoms with Gasteiger partial charge in [-0.25, -0.2) is 4.68 Å². The second-order valence-electron chi connectivity index (χ2n) is 5.43. The van der Waals surface area contributed by atoms with Crippen LogP contribution < -0.4 is 5.32 Å². The molecule has 1 N–H and O–H groups in total. The molecule has 0 aliphatic rings. The Balaban J connectivity index is 1.73. The van der Waals surface area contributed by atoms with Gasteiger partial charge in [-0.2, -0.15) is 5.10 Å². The van der Waals surface area contributed by atoms with Crippen LogP contribution in [0.2, 0.25) is 5.02 Å². The molecule has 7 heteroatoms. The van der Waals surface area contributed by atoms with Gasteiger partial charge in [0.15, 0.2) is 0 Å². The molecule has 5 nitrogen and oxygen atoms in total. The van der Waals surface area contributed by atoms with E-state index in [2.05, 4.69) is 10.4 Å². The number of rotatable bonds is 5. The van der Waals surface area contributed by atoms with Crippen molar-refractivity contribution in [3.63, 3.8) is 0 Å². The zero-order chi connectivity index (χ0) is 17.8. The minimum absolute atomic E-state index is 0.244. The number of benzene rings is 2. The summed E-state index contributed by atoms with van der Waals surface area (Å²) in [7, 11) is -1.07. The second kappa shape index (κ2) is 7.63. The van der Waals surface area contributed by atoms with Gasteiger partial charge < -0.3 is 5.32 Å². The molecule has 0 bridgehead atoms. The molecule has 0 radical (unpaired) electrons. The number of hydrogen-bond acceptors (Lipinski definition) is 3. The quantitative estimate of drug-likeness (QED) is 0.743. The van der Waals surface area contributed by atoms with Gasteiger partial charge in [-0.05, 0) is 42.0 Å². The molecule has 0 aliphatic carbocycles. The minimum Gasteiger partial charge on any atom is -0.307 e. The first-order valence-electron chi connectivity index (χ1n) is 7.54. The monoisotopic (exact) mass is 373 g/mol. The Bertz CT molecular complexity index is 905. The number of halogens is 1. The number of carbonyl (C=O) groups excluding carboxylic acids is 1. The summed E-state index contributed by atoms with van der Waals surface area (Å²) in [5.74, 6) is 0.356. The van der Waals surface area contributed by atoms with E-state index >= 15 is 0 Å². The van der Waals surface area contributed by atoms with Crippen molar-refractivity contribution in [3.05, 3.63) is 76.9 Å². The van der Waals surface area contributed by atoms with Gasteiger partial charge in [0.25, 0.3) is 5.91 Å². The molecule has 1 heterocycles. The molecule has 2 aromatic carbocycles. The highest BCUT2D eigenvalue weighted by Crippen LogP contribution is 2.15. The molecule has 0 saturated carbocycles. The number of hydrogen-bond donors (Lipinski definition) is 1. The van der Waals surface area contributed by atoms with Gasteiger partial charge in [0.1, 0.15) is 5.82 Å². The SMILES string of the molecule is CS(=O)c1ccc(C(=O)Nc2ccnn2Cc2ccc(Cl)cc2)cc1. The van der Waals surface area contributed by atoms with Crippen molar-refractivity contribution in [2.45, 2.75) is 11.4 Å². The van der Waals surface area contributed by atoms with Gasteiger partial charge in [0, 0.05) is 38.6 Å². The zero-order valence-electron chi connectivity index (χ0n) is 13.5. The molecule has 3 aromatic rings. The number of anilines is 1. The molecular weight excluding hydrogens is 358 g/mol. The minimum atomic E-state index is -1.07. The Morgan fingerprint density at radius 2 is 1.80 bits per heavy atom. The Morgan fingerprint density at radius 1 is 1.12 bits per heavy atom. The lowest BCUT2D eigenvalue weighted by Gasteiger charge is -2.09. The van der Waals surface area contributed by atoms with Crippen LogP contribution in [0.3, 0.4) is 0 Å². The summed E-state index contributed by atoms with van der Waals surface area (Å²) in [5, 5.41) is 7.77. The predicted molar refractivity (Wildman–Crippen MR) is 99.5 cm³/mol. The van der Waals surface area contributed by atoms with E-state index in [9.17, 15) is 9.00 Å². The topological polar surface area (TPSA) is 64.0 Å². The highest BCUT2D eigenvalue weighted by molar-refractivity contribution is 7.84. The van der Waals surface area contributed by atoms with Crippen molar-refractivity contribution in [2.75, 3.05) is 11.6 Å². The smallest absolute Gasteiger partial charge is 0.256 e. The van der Waals surface area contributed by atoms with Crippen molar-refractivity contribution in [1.29, 1.82) is 0 Å². The van der Waals surface area contributed by atoms with Gasteiger partial charge in [0.2, 0.25) is 0 Å². The van der Waals surface area contributed by atoms with E-state index in [4.69, 9.17) is 11.6 Å². The molecule has 1 atom stereocenters. The third kappa shape index (κ3) is 4.35. The average Bonchev–Trinajstić information content (AvgIpc) is 3.03. The molecule has 1 amide bonds. The van der Waals surface area contributed by atoms with Crippen molar-refractivity contribution in [2.24, 2.45) is 0 Å². The maximum absolute atomic E-state index is 12.4. The van der Waals surface area contributed by atoms with Crippen molar-refractivity contribution >= 4 is 34.1 Å². The third-order valence-corrected chi connectivity index (χ3v) is 4.84. The van der Waals surface area contributed by atoms with E-state index in [-0.39, 0.29) is 5.91 Å². The summed E-state index contributed by atoms with van der Waals surface area (Å²) >= 11 is 5.89. The van der Waals surface area contributed by atoms with E-state index in [0.29, 0.717) is 27.8 Å². The number of nitrogens with zero attached hydrogens (tertiary/aromatic N) is 2. The molecule has 0 aliphatic heterocycles. The fraction of sp³-hybridized carbons (Fsp3) is 0.111. The maximum atomic E-state index is 12.4. The Kier molecular flexibility index (Phi) is 5.31. The highest BCUT2D eigenvalue weighted by atomic mass is 35.5. The highest BCUT2D eigenvalue weighted by Gasteiger charge is 2.10. The van der Waals surface area contributed by atoms with Gasteiger partial charge in [-0.1, -0.05) is 23.7 Å². The van der Waals surface area contributed by atoms with Gasteiger partial charge >= 0.3 is 0 Å². The first-order chi connectivity index (χ1) is 12.0. The summed E-state index contributed by atoms with van der Waals surface area (Å²) < 4.78 is 13.1. The summed E-state index contributed by atoms with van der Waals surface area (Å²) in [6.45, 7) is 0.521. The van der Waals surface area contributed by atoms with Crippen molar-refractivity contribution < 1.29 is 9.00 Å². The zero-order valence-corrected chi connectivity index (χ0v) is 15.1. The molecule has 3 rings (SSSR count). The normalized spacial score (nSPS) is 11.9. The van der Waals surface area contributed by atoms with Crippen LogP contribution >= 0.6 is 11.6 Å². The molecule has 128 valence electrons. The van der Waals surface area contributed by atoms with Crippen LogP contribution in [-0.2, 0) is 17.3 Å². The molecule has 25 heavy (non-hydrogen) atoms. The summed E-state index contributed by atoms with van der Waals surface area (Å²) in [5.41, 5.74) is 1.52. The molecule has 1 aromatic heterocycles. The van der Waals surface area contributed by atoms with Gasteiger partial charge in [-0.15, -0.1) is 0 Å². The lowest BCUT2D eigenvalue weighted by atomic mass is 10.2. The van der Waals surface area contributed by atoms with Gasteiger partial charge in [-0.3, -0.25) is 9.00 Å². The fourth-order valence-corrected chi connectivity index (χ4v) is 2.96. The molecule has 0 saturated heterocycles. The Morgan fingerprint density at radius 3 is 2.44 bits per heavy atom. The van der Waals surface area contributed by atoms with E-state index in [0.717, 1.165) is 5.56 Å². The molecule has 1 unspecified atom stereocenters. The molecule has 0 fully saturated rings. The van der Waals surface area contributed by atoms with Crippen LogP contribution in [0.1, 0.15) is 15.9 Å². The number of nitrogens with one attached hydrogen (secondary N) is 1. The second-order valence-corrected chi connectivity index (χ2v) is 7.25. The Hall–Kier alpha value is -2.44. The first kappa shape index (κ1) is 17.4. The van der Waals surface area contributed by atoms with Crippen LogP contribution in [0.4, 0.5) is 5.82 Å². The largest absolute Gasteiger partial charge is 0.307 e. The molecular formula is C18H16ClN3O2S. The summed E-state index contributed by atoms with van der Waals surface area (Å²) in [6.07, 6.45) is 3.24. The standard InChI is InChI=1S/C18H16ClN3O2S/c1-25(24)16-8-4-14(5-9-16)18(23)21-17-10-11-20-22(17)12-13-2-6-15(19)7-3-13/h2-11H,12H2,1H3,(H,21,23). The van der Waals surface area contributed by atoms with Crippen molar-refractivity contribution in [1.82, 2.24) is 9.78 Å².